The quantitative estimate of drug-likeness (QED) is 0.751. The third-order valence-electron chi connectivity index (χ3n) is 2.79. The van der Waals surface area contributed by atoms with Gasteiger partial charge in [0.2, 0.25) is 0 Å². The van der Waals surface area contributed by atoms with Crippen LogP contribution in [0.5, 0.6) is 0 Å². The van der Waals surface area contributed by atoms with Gasteiger partial charge in [-0.2, -0.15) is 5.26 Å². The maximum absolute atomic E-state index is 8.93. The highest BCUT2D eigenvalue weighted by Crippen LogP contribution is 2.29. The van der Waals surface area contributed by atoms with Crippen molar-refractivity contribution in [3.8, 4) is 17.2 Å². The molecule has 2 aromatic rings. The lowest BCUT2D eigenvalue weighted by molar-refractivity contribution is 1.35. The van der Waals surface area contributed by atoms with Gasteiger partial charge in [0.15, 0.2) is 0 Å². The molecule has 0 spiro atoms. The SMILES string of the molecule is Cc1cc(C#N)cc(C)c1-c1ccc(Br)cc1. The lowest BCUT2D eigenvalue weighted by Gasteiger charge is -2.10. The minimum Gasteiger partial charge on any atom is -0.192 e. The summed E-state index contributed by atoms with van der Waals surface area (Å²) in [4.78, 5) is 0. The molecule has 0 fully saturated rings. The van der Waals surface area contributed by atoms with Crippen LogP contribution < -0.4 is 0 Å². The van der Waals surface area contributed by atoms with Gasteiger partial charge in [0.25, 0.3) is 0 Å². The molecule has 0 aromatic heterocycles. The van der Waals surface area contributed by atoms with Crippen LogP contribution in [0.2, 0.25) is 0 Å². The lowest BCUT2D eigenvalue weighted by Crippen LogP contribution is -1.90. The number of rotatable bonds is 1. The molecule has 1 nitrogen and oxygen atoms in total. The molecule has 0 radical (unpaired) electrons. The van der Waals surface area contributed by atoms with E-state index in [0.717, 1.165) is 21.2 Å². The van der Waals surface area contributed by atoms with Crippen LogP contribution in [0.1, 0.15) is 16.7 Å². The number of halogens is 1. The molecule has 2 heteroatoms. The highest BCUT2D eigenvalue weighted by Gasteiger charge is 2.07. The third-order valence-corrected chi connectivity index (χ3v) is 3.32. The van der Waals surface area contributed by atoms with Gasteiger partial charge in [-0.1, -0.05) is 28.1 Å². The predicted octanol–water partition coefficient (Wildman–Crippen LogP) is 4.60. The molecule has 0 aliphatic carbocycles. The van der Waals surface area contributed by atoms with Crippen molar-refractivity contribution in [1.82, 2.24) is 0 Å². The van der Waals surface area contributed by atoms with Crippen LogP contribution in [-0.4, -0.2) is 0 Å². The van der Waals surface area contributed by atoms with Crippen molar-refractivity contribution in [1.29, 1.82) is 5.26 Å². The van der Waals surface area contributed by atoms with E-state index in [1.54, 1.807) is 0 Å². The zero-order valence-electron chi connectivity index (χ0n) is 9.79. The van der Waals surface area contributed by atoms with E-state index in [-0.39, 0.29) is 0 Å². The largest absolute Gasteiger partial charge is 0.192 e. The van der Waals surface area contributed by atoms with Gasteiger partial charge in [-0.05, 0) is 60.4 Å². The maximum atomic E-state index is 8.93. The first-order chi connectivity index (χ1) is 8.11. The number of aryl methyl sites for hydroxylation is 2. The van der Waals surface area contributed by atoms with Gasteiger partial charge in [0.05, 0.1) is 11.6 Å². The topological polar surface area (TPSA) is 23.8 Å². The first-order valence-corrected chi connectivity index (χ1v) is 6.18. The summed E-state index contributed by atoms with van der Waals surface area (Å²) in [5.74, 6) is 0. The summed E-state index contributed by atoms with van der Waals surface area (Å²) >= 11 is 3.43. The van der Waals surface area contributed by atoms with Gasteiger partial charge in [0, 0.05) is 4.47 Å². The zero-order chi connectivity index (χ0) is 12.4. The molecule has 0 heterocycles. The Bertz CT molecular complexity index is 568. The van der Waals surface area contributed by atoms with Crippen LogP contribution >= 0.6 is 15.9 Å². The first kappa shape index (κ1) is 11.9. The third kappa shape index (κ3) is 2.40. The molecule has 2 rings (SSSR count). The monoisotopic (exact) mass is 285 g/mol. The van der Waals surface area contributed by atoms with Gasteiger partial charge < -0.3 is 0 Å². The molecule has 0 saturated heterocycles. The average Bonchev–Trinajstić information content (AvgIpc) is 2.30. The second-order valence-corrected chi connectivity index (χ2v) is 5.02. The van der Waals surface area contributed by atoms with Crippen molar-refractivity contribution in [3.63, 3.8) is 0 Å². The van der Waals surface area contributed by atoms with Crippen LogP contribution in [0, 0.1) is 25.2 Å². The van der Waals surface area contributed by atoms with E-state index in [2.05, 4.69) is 34.1 Å². The highest BCUT2D eigenvalue weighted by molar-refractivity contribution is 9.10. The van der Waals surface area contributed by atoms with E-state index >= 15 is 0 Å². The van der Waals surface area contributed by atoms with Crippen LogP contribution in [0.4, 0.5) is 0 Å². The first-order valence-electron chi connectivity index (χ1n) is 5.39. The van der Waals surface area contributed by atoms with Crippen molar-refractivity contribution < 1.29 is 0 Å². The summed E-state index contributed by atoms with van der Waals surface area (Å²) < 4.78 is 1.07. The van der Waals surface area contributed by atoms with E-state index in [9.17, 15) is 0 Å². The number of nitriles is 1. The molecule has 0 bridgehead atoms. The van der Waals surface area contributed by atoms with Crippen molar-refractivity contribution in [2.24, 2.45) is 0 Å². The summed E-state index contributed by atoms with van der Waals surface area (Å²) in [7, 11) is 0. The van der Waals surface area contributed by atoms with Crippen LogP contribution in [-0.2, 0) is 0 Å². The molecule has 0 saturated carbocycles. The summed E-state index contributed by atoms with van der Waals surface area (Å²) in [6.07, 6.45) is 0. The van der Waals surface area contributed by atoms with E-state index in [0.29, 0.717) is 0 Å². The van der Waals surface area contributed by atoms with Gasteiger partial charge in [-0.3, -0.25) is 0 Å². The van der Waals surface area contributed by atoms with Crippen molar-refractivity contribution in [3.05, 3.63) is 57.6 Å². The molecule has 0 aliphatic rings. The fraction of sp³-hybridized carbons (Fsp3) is 0.133. The standard InChI is InChI=1S/C15H12BrN/c1-10-7-12(9-17)8-11(2)15(10)13-3-5-14(16)6-4-13/h3-8H,1-2H3. The molecule has 0 unspecified atom stereocenters. The normalized spacial score (nSPS) is 10.0. The van der Waals surface area contributed by atoms with Crippen LogP contribution in [0.3, 0.4) is 0 Å². The summed E-state index contributed by atoms with van der Waals surface area (Å²) in [5, 5.41) is 8.93. The highest BCUT2D eigenvalue weighted by atomic mass is 79.9. The Morgan fingerprint density at radius 2 is 1.53 bits per heavy atom. The van der Waals surface area contributed by atoms with Gasteiger partial charge in [-0.25, -0.2) is 0 Å². The Hall–Kier alpha value is -1.59. The average molecular weight is 286 g/mol. The van der Waals surface area contributed by atoms with E-state index in [4.69, 9.17) is 5.26 Å². The molecule has 0 atom stereocenters. The Morgan fingerprint density at radius 1 is 1.00 bits per heavy atom. The van der Waals surface area contributed by atoms with Crippen LogP contribution in [0.15, 0.2) is 40.9 Å². The van der Waals surface area contributed by atoms with Crippen molar-refractivity contribution in [2.75, 3.05) is 0 Å². The van der Waals surface area contributed by atoms with E-state index in [1.807, 2.05) is 38.1 Å². The lowest BCUT2D eigenvalue weighted by atomic mass is 9.94. The molecule has 0 N–H and O–H groups in total. The second-order valence-electron chi connectivity index (χ2n) is 4.10. The predicted molar refractivity (Wildman–Crippen MR) is 73.8 cm³/mol. The maximum Gasteiger partial charge on any atom is 0.0991 e. The Kier molecular flexibility index (Phi) is 3.31. The minimum absolute atomic E-state index is 0.723. The van der Waals surface area contributed by atoms with Crippen molar-refractivity contribution >= 4 is 15.9 Å². The summed E-state index contributed by atoms with van der Waals surface area (Å²) in [5.41, 5.74) is 5.41. The van der Waals surface area contributed by atoms with E-state index in [1.165, 1.54) is 11.1 Å². The molecule has 0 amide bonds. The Morgan fingerprint density at radius 3 is 2.00 bits per heavy atom. The number of hydrogen-bond donors (Lipinski definition) is 0. The molecule has 84 valence electrons. The molecule has 2 aromatic carbocycles. The van der Waals surface area contributed by atoms with Crippen molar-refractivity contribution in [2.45, 2.75) is 13.8 Å². The van der Waals surface area contributed by atoms with Crippen LogP contribution in [0.25, 0.3) is 11.1 Å². The molecular formula is C15H12BrN. The summed E-state index contributed by atoms with van der Waals surface area (Å²) in [6.45, 7) is 4.09. The minimum atomic E-state index is 0.723. The zero-order valence-corrected chi connectivity index (χ0v) is 11.4. The number of nitrogens with zero attached hydrogens (tertiary/aromatic N) is 1. The second kappa shape index (κ2) is 4.73. The molecule has 17 heavy (non-hydrogen) atoms. The number of benzene rings is 2. The van der Waals surface area contributed by atoms with Gasteiger partial charge in [-0.15, -0.1) is 0 Å². The van der Waals surface area contributed by atoms with Gasteiger partial charge in [0.1, 0.15) is 0 Å². The van der Waals surface area contributed by atoms with E-state index < -0.39 is 0 Å². The molecule has 0 aliphatic heterocycles. The fourth-order valence-electron chi connectivity index (χ4n) is 2.10. The number of hydrogen-bond acceptors (Lipinski definition) is 1. The van der Waals surface area contributed by atoms with Gasteiger partial charge >= 0.3 is 0 Å². The Labute approximate surface area is 110 Å². The Balaban J connectivity index is 2.60. The summed E-state index contributed by atoms with van der Waals surface area (Å²) in [6, 6.07) is 14.3. The molecular weight excluding hydrogens is 274 g/mol. The smallest absolute Gasteiger partial charge is 0.0991 e. The fourth-order valence-corrected chi connectivity index (χ4v) is 2.36.